The quantitative estimate of drug-likeness (QED) is 0.500. The van der Waals surface area contributed by atoms with Crippen LogP contribution in [0.3, 0.4) is 0 Å². The van der Waals surface area contributed by atoms with Crippen LogP contribution in [0.2, 0.25) is 0 Å². The van der Waals surface area contributed by atoms with Gasteiger partial charge in [-0.3, -0.25) is 14.5 Å². The Balaban J connectivity index is 1.58. The van der Waals surface area contributed by atoms with Crippen molar-refractivity contribution < 1.29 is 29.0 Å². The van der Waals surface area contributed by atoms with Crippen molar-refractivity contribution in [1.82, 2.24) is 15.1 Å². The summed E-state index contributed by atoms with van der Waals surface area (Å²) in [6, 6.07) is 15.4. The first-order valence-electron chi connectivity index (χ1n) is 14.8. The van der Waals surface area contributed by atoms with Gasteiger partial charge in [0.15, 0.2) is 0 Å². The number of carboxylic acid groups (broad SMARTS) is 1. The molecule has 2 aliphatic heterocycles. The summed E-state index contributed by atoms with van der Waals surface area (Å²) in [6.07, 6.45) is 1.12. The van der Waals surface area contributed by atoms with Gasteiger partial charge < -0.3 is 20.1 Å². The summed E-state index contributed by atoms with van der Waals surface area (Å²) in [7, 11) is 0. The molecule has 3 amide bonds. The van der Waals surface area contributed by atoms with Crippen LogP contribution in [0.15, 0.2) is 54.6 Å². The molecule has 0 aliphatic carbocycles. The average Bonchev–Trinajstić information content (AvgIpc) is 2.97. The van der Waals surface area contributed by atoms with Crippen LogP contribution >= 0.6 is 0 Å². The molecule has 2 heterocycles. The van der Waals surface area contributed by atoms with E-state index in [1.54, 1.807) is 25.7 Å². The Morgan fingerprint density at radius 3 is 2.17 bits per heavy atom. The zero-order chi connectivity index (χ0) is 30.7. The molecule has 3 atom stereocenters. The van der Waals surface area contributed by atoms with Crippen LogP contribution in [0.1, 0.15) is 70.6 Å². The summed E-state index contributed by atoms with van der Waals surface area (Å²) in [5, 5.41) is 12.7. The van der Waals surface area contributed by atoms with E-state index in [2.05, 4.69) is 5.32 Å². The van der Waals surface area contributed by atoms with Crippen LogP contribution in [0.25, 0.3) is 0 Å². The van der Waals surface area contributed by atoms with Crippen LogP contribution in [0.4, 0.5) is 4.79 Å². The molecule has 1 saturated heterocycles. The number of likely N-dealkylation sites (tertiary alicyclic amines) is 1. The van der Waals surface area contributed by atoms with Crippen molar-refractivity contribution in [3.8, 4) is 0 Å². The summed E-state index contributed by atoms with van der Waals surface area (Å²) in [5.74, 6) is -1.82. The smallest absolute Gasteiger partial charge is 0.411 e. The molecule has 2 aromatic rings. The summed E-state index contributed by atoms with van der Waals surface area (Å²) in [5.41, 5.74) is 1.11. The third-order valence-electron chi connectivity index (χ3n) is 8.62. The number of aliphatic carboxylic acids is 1. The van der Waals surface area contributed by atoms with Crippen molar-refractivity contribution in [1.29, 1.82) is 0 Å². The number of ether oxygens (including phenoxy) is 1. The average molecular weight is 578 g/mol. The van der Waals surface area contributed by atoms with Crippen molar-refractivity contribution in [3.63, 3.8) is 0 Å². The van der Waals surface area contributed by atoms with Gasteiger partial charge in [-0.05, 0) is 56.2 Å². The summed E-state index contributed by atoms with van der Waals surface area (Å²) >= 11 is 0. The molecule has 9 heteroatoms. The molecule has 3 unspecified atom stereocenters. The Bertz CT molecular complexity index is 1300. The van der Waals surface area contributed by atoms with E-state index in [-0.39, 0.29) is 24.3 Å². The van der Waals surface area contributed by atoms with Crippen molar-refractivity contribution >= 4 is 23.9 Å². The maximum atomic E-state index is 14.1. The standard InChI is InChI=1S/C33H43N3O6/c1-6-22(2)27(29(38)39)34-30(40)33(25-14-8-7-9-15-25)16-18-35(19-17-33)28(37)26-20-23-12-10-11-13-24(23)21-36(26)31(41)42-32(3,4)5/h7-15,22,26-27H,6,16-21H2,1-5H3,(H,34,40)(H,38,39). The molecule has 9 nitrogen and oxygen atoms in total. The van der Waals surface area contributed by atoms with Crippen molar-refractivity contribution in [3.05, 3.63) is 71.3 Å². The second-order valence-corrected chi connectivity index (χ2v) is 12.5. The molecule has 2 N–H and O–H groups in total. The first kappa shape index (κ1) is 31.1. The maximum Gasteiger partial charge on any atom is 0.411 e. The van der Waals surface area contributed by atoms with Crippen LogP contribution < -0.4 is 5.32 Å². The number of nitrogens with zero attached hydrogens (tertiary/aromatic N) is 2. The van der Waals surface area contributed by atoms with E-state index in [0.717, 1.165) is 16.7 Å². The number of hydrogen-bond donors (Lipinski definition) is 2. The fourth-order valence-corrected chi connectivity index (χ4v) is 5.94. The zero-order valence-electron chi connectivity index (χ0n) is 25.3. The summed E-state index contributed by atoms with van der Waals surface area (Å²) < 4.78 is 5.68. The van der Waals surface area contributed by atoms with Gasteiger partial charge >= 0.3 is 12.1 Å². The number of amides is 3. The lowest BCUT2D eigenvalue weighted by Gasteiger charge is -2.44. The third-order valence-corrected chi connectivity index (χ3v) is 8.62. The van der Waals surface area contributed by atoms with E-state index in [9.17, 15) is 24.3 Å². The minimum atomic E-state index is -1.06. The number of rotatable bonds is 7. The number of nitrogens with one attached hydrogen (secondary N) is 1. The van der Waals surface area contributed by atoms with Gasteiger partial charge in [0.05, 0.1) is 12.0 Å². The first-order valence-corrected chi connectivity index (χ1v) is 14.8. The molecule has 1 fully saturated rings. The lowest BCUT2D eigenvalue weighted by molar-refractivity contribution is -0.145. The Morgan fingerprint density at radius 1 is 1.00 bits per heavy atom. The molecule has 2 aliphatic rings. The van der Waals surface area contributed by atoms with Crippen LogP contribution in [-0.2, 0) is 37.5 Å². The minimum absolute atomic E-state index is 0.180. The first-order chi connectivity index (χ1) is 19.9. The normalized spacial score (nSPS) is 19.7. The number of carbonyl (C=O) groups excluding carboxylic acids is 3. The molecule has 0 bridgehead atoms. The fraction of sp³-hybridized carbons (Fsp3) is 0.515. The van der Waals surface area contributed by atoms with Gasteiger partial charge in [0, 0.05) is 19.5 Å². The second kappa shape index (κ2) is 12.5. The molecule has 0 spiro atoms. The van der Waals surface area contributed by atoms with Crippen LogP contribution in [0.5, 0.6) is 0 Å². The van der Waals surface area contributed by atoms with E-state index < -0.39 is 35.2 Å². The molecule has 0 aromatic heterocycles. The predicted molar refractivity (Wildman–Crippen MR) is 159 cm³/mol. The molecule has 0 radical (unpaired) electrons. The molecular formula is C33H43N3O6. The van der Waals surface area contributed by atoms with Gasteiger partial charge in [0.25, 0.3) is 0 Å². The molecule has 42 heavy (non-hydrogen) atoms. The highest BCUT2D eigenvalue weighted by molar-refractivity contribution is 5.92. The summed E-state index contributed by atoms with van der Waals surface area (Å²) in [4.78, 5) is 56.5. The van der Waals surface area contributed by atoms with Crippen molar-refractivity contribution in [2.75, 3.05) is 13.1 Å². The van der Waals surface area contributed by atoms with Gasteiger partial charge in [0.2, 0.25) is 11.8 Å². The molecule has 4 rings (SSSR count). The lowest BCUT2D eigenvalue weighted by atomic mass is 9.71. The monoisotopic (exact) mass is 577 g/mol. The van der Waals surface area contributed by atoms with E-state index in [0.29, 0.717) is 38.8 Å². The van der Waals surface area contributed by atoms with Crippen LogP contribution in [0, 0.1) is 5.92 Å². The van der Waals surface area contributed by atoms with E-state index in [4.69, 9.17) is 4.74 Å². The Kier molecular flexibility index (Phi) is 9.28. The Labute approximate surface area is 248 Å². The molecule has 2 aromatic carbocycles. The highest BCUT2D eigenvalue weighted by atomic mass is 16.6. The summed E-state index contributed by atoms with van der Waals surface area (Å²) in [6.45, 7) is 9.98. The van der Waals surface area contributed by atoms with Gasteiger partial charge in [-0.2, -0.15) is 0 Å². The van der Waals surface area contributed by atoms with E-state index in [1.807, 2.05) is 68.4 Å². The highest BCUT2D eigenvalue weighted by Crippen LogP contribution is 2.37. The van der Waals surface area contributed by atoms with Gasteiger partial charge in [-0.25, -0.2) is 9.59 Å². The van der Waals surface area contributed by atoms with Gasteiger partial charge in [-0.1, -0.05) is 74.9 Å². The molecule has 226 valence electrons. The zero-order valence-corrected chi connectivity index (χ0v) is 25.3. The number of benzene rings is 2. The maximum absolute atomic E-state index is 14.1. The molecule has 0 saturated carbocycles. The van der Waals surface area contributed by atoms with Crippen molar-refractivity contribution in [2.45, 2.75) is 89.9 Å². The number of piperidine rings is 1. The number of hydrogen-bond acceptors (Lipinski definition) is 5. The number of fused-ring (bicyclic) bond motifs is 1. The SMILES string of the molecule is CCC(C)C(NC(=O)C1(c2ccccc2)CCN(C(=O)C2Cc3ccccc3CN2C(=O)OC(C)(C)C)CC1)C(=O)O. The highest BCUT2D eigenvalue weighted by Gasteiger charge is 2.47. The molecular weight excluding hydrogens is 534 g/mol. The third kappa shape index (κ3) is 6.61. The van der Waals surface area contributed by atoms with Gasteiger partial charge in [0.1, 0.15) is 17.7 Å². The number of carboxylic acids is 1. The number of carbonyl (C=O) groups is 4. The van der Waals surface area contributed by atoms with Crippen LogP contribution in [-0.4, -0.2) is 69.6 Å². The van der Waals surface area contributed by atoms with Gasteiger partial charge in [-0.15, -0.1) is 0 Å². The topological polar surface area (TPSA) is 116 Å². The van der Waals surface area contributed by atoms with E-state index >= 15 is 0 Å². The largest absolute Gasteiger partial charge is 0.480 e. The van der Waals surface area contributed by atoms with Crippen molar-refractivity contribution in [2.24, 2.45) is 5.92 Å². The minimum Gasteiger partial charge on any atom is -0.480 e. The fourth-order valence-electron chi connectivity index (χ4n) is 5.94. The second-order valence-electron chi connectivity index (χ2n) is 12.5. The Morgan fingerprint density at radius 2 is 1.60 bits per heavy atom. The lowest BCUT2D eigenvalue weighted by Crippen LogP contribution is -2.59. The van der Waals surface area contributed by atoms with E-state index in [1.165, 1.54) is 4.90 Å². The predicted octanol–water partition coefficient (Wildman–Crippen LogP) is 4.52. The Hall–Kier alpha value is -3.88.